The second kappa shape index (κ2) is 7.90. The largest absolute Gasteiger partial charge is 0.497 e. The number of ether oxygens (including phenoxy) is 1. The van der Waals surface area contributed by atoms with Crippen molar-refractivity contribution in [2.45, 2.75) is 12.6 Å². The van der Waals surface area contributed by atoms with Gasteiger partial charge in [0, 0.05) is 38.9 Å². The van der Waals surface area contributed by atoms with Crippen LogP contribution in [0.2, 0.25) is 0 Å². The molecule has 1 saturated heterocycles. The maximum absolute atomic E-state index is 12.8. The highest BCUT2D eigenvalue weighted by atomic mass is 19.4. The molecule has 0 bridgehead atoms. The number of aromatic nitrogens is 2. The molecule has 1 aliphatic heterocycles. The fourth-order valence-electron chi connectivity index (χ4n) is 2.91. The van der Waals surface area contributed by atoms with Gasteiger partial charge >= 0.3 is 6.18 Å². The molecule has 8 heteroatoms. The van der Waals surface area contributed by atoms with E-state index in [2.05, 4.69) is 14.9 Å². The lowest BCUT2D eigenvalue weighted by atomic mass is 10.1. The first kappa shape index (κ1) is 18.4. The van der Waals surface area contributed by atoms with Crippen molar-refractivity contribution in [3.05, 3.63) is 47.8 Å². The number of anilines is 1. The van der Waals surface area contributed by atoms with Crippen LogP contribution in [0.4, 0.5) is 19.1 Å². The number of alkyl halides is 3. The van der Waals surface area contributed by atoms with Crippen LogP contribution < -0.4 is 9.64 Å². The number of nitrogens with zero attached hydrogens (tertiary/aromatic N) is 4. The lowest BCUT2D eigenvalue weighted by molar-refractivity contribution is -0.141. The smallest absolute Gasteiger partial charge is 0.433 e. The van der Waals surface area contributed by atoms with E-state index in [0.29, 0.717) is 13.1 Å². The minimum atomic E-state index is -4.45. The van der Waals surface area contributed by atoms with Crippen molar-refractivity contribution in [3.8, 4) is 5.75 Å². The number of hydrogen-bond donors (Lipinski definition) is 0. The minimum absolute atomic E-state index is 0.148. The molecule has 0 unspecified atom stereocenters. The molecule has 0 atom stereocenters. The fourth-order valence-corrected chi connectivity index (χ4v) is 2.91. The third-order valence-corrected chi connectivity index (χ3v) is 4.46. The average molecular weight is 366 g/mol. The van der Waals surface area contributed by atoms with Crippen LogP contribution in [0.25, 0.3) is 0 Å². The van der Waals surface area contributed by atoms with Crippen LogP contribution in [0.5, 0.6) is 5.75 Å². The Morgan fingerprint density at radius 2 is 1.73 bits per heavy atom. The van der Waals surface area contributed by atoms with Crippen LogP contribution >= 0.6 is 0 Å². The van der Waals surface area contributed by atoms with Crippen molar-refractivity contribution in [3.63, 3.8) is 0 Å². The molecule has 1 aliphatic rings. The zero-order valence-corrected chi connectivity index (χ0v) is 14.5. The van der Waals surface area contributed by atoms with Gasteiger partial charge in [0.05, 0.1) is 7.11 Å². The van der Waals surface area contributed by atoms with Gasteiger partial charge in [-0.1, -0.05) is 12.1 Å². The van der Waals surface area contributed by atoms with E-state index in [-0.39, 0.29) is 5.95 Å². The minimum Gasteiger partial charge on any atom is -0.497 e. The predicted octanol–water partition coefficient (Wildman–Crippen LogP) is 2.87. The highest BCUT2D eigenvalue weighted by Gasteiger charge is 2.33. The maximum atomic E-state index is 12.8. The highest BCUT2D eigenvalue weighted by molar-refractivity contribution is 5.32. The van der Waals surface area contributed by atoms with Gasteiger partial charge in [0.15, 0.2) is 0 Å². The van der Waals surface area contributed by atoms with Gasteiger partial charge in [-0.3, -0.25) is 4.90 Å². The standard InChI is InChI=1S/C18H21F3N4O/c1-26-15-4-2-14(3-5-15)7-9-24-10-12-25(13-11-24)17-22-8-6-16(23-17)18(19,20)21/h2-6,8H,7,9-13H2,1H3. The number of hydrogen-bond acceptors (Lipinski definition) is 5. The van der Waals surface area contributed by atoms with E-state index in [0.717, 1.165) is 37.9 Å². The van der Waals surface area contributed by atoms with Gasteiger partial charge in [-0.15, -0.1) is 0 Å². The van der Waals surface area contributed by atoms with Crippen LogP contribution in [0.1, 0.15) is 11.3 Å². The van der Waals surface area contributed by atoms with Crippen LogP contribution in [0, 0.1) is 0 Å². The molecule has 140 valence electrons. The van der Waals surface area contributed by atoms with Crippen molar-refractivity contribution < 1.29 is 17.9 Å². The summed E-state index contributed by atoms with van der Waals surface area (Å²) in [7, 11) is 1.64. The van der Waals surface area contributed by atoms with Crippen molar-refractivity contribution >= 4 is 5.95 Å². The first-order valence-electron chi connectivity index (χ1n) is 8.46. The first-order chi connectivity index (χ1) is 12.5. The molecule has 1 aromatic carbocycles. The molecule has 0 aliphatic carbocycles. The molecule has 1 aromatic heterocycles. The van der Waals surface area contributed by atoms with Gasteiger partial charge in [0.1, 0.15) is 11.4 Å². The molecule has 5 nitrogen and oxygen atoms in total. The van der Waals surface area contributed by atoms with Gasteiger partial charge < -0.3 is 9.64 Å². The van der Waals surface area contributed by atoms with Gasteiger partial charge in [-0.05, 0) is 30.2 Å². The Bertz CT molecular complexity index is 713. The third kappa shape index (κ3) is 4.63. The van der Waals surface area contributed by atoms with Crippen molar-refractivity contribution in [1.82, 2.24) is 14.9 Å². The van der Waals surface area contributed by atoms with Gasteiger partial charge in [0.25, 0.3) is 0 Å². The monoisotopic (exact) mass is 366 g/mol. The summed E-state index contributed by atoms with van der Waals surface area (Å²) in [4.78, 5) is 11.8. The van der Waals surface area contributed by atoms with E-state index in [1.165, 1.54) is 11.8 Å². The number of benzene rings is 1. The average Bonchev–Trinajstić information content (AvgIpc) is 2.66. The van der Waals surface area contributed by atoms with Crippen LogP contribution in [-0.4, -0.2) is 54.7 Å². The molecule has 0 radical (unpaired) electrons. The Balaban J connectivity index is 1.51. The highest BCUT2D eigenvalue weighted by Crippen LogP contribution is 2.28. The molecule has 0 spiro atoms. The Labute approximate surface area is 150 Å². The van der Waals surface area contributed by atoms with Crippen molar-refractivity contribution in [1.29, 1.82) is 0 Å². The molecule has 3 rings (SSSR count). The van der Waals surface area contributed by atoms with E-state index in [1.54, 1.807) is 12.0 Å². The normalized spacial score (nSPS) is 15.9. The van der Waals surface area contributed by atoms with Crippen LogP contribution in [0.15, 0.2) is 36.5 Å². The van der Waals surface area contributed by atoms with Gasteiger partial charge in [0.2, 0.25) is 5.95 Å². The topological polar surface area (TPSA) is 41.5 Å². The van der Waals surface area contributed by atoms with E-state index in [1.807, 2.05) is 24.3 Å². The van der Waals surface area contributed by atoms with Gasteiger partial charge in [-0.25, -0.2) is 9.97 Å². The summed E-state index contributed by atoms with van der Waals surface area (Å²) in [6.45, 7) is 3.68. The molecule has 1 fully saturated rings. The zero-order valence-electron chi connectivity index (χ0n) is 14.5. The SMILES string of the molecule is COc1ccc(CCN2CCN(c3nccc(C(F)(F)F)n3)CC2)cc1. The van der Waals surface area contributed by atoms with Crippen LogP contribution in [-0.2, 0) is 12.6 Å². The predicted molar refractivity (Wildman–Crippen MR) is 92.4 cm³/mol. The maximum Gasteiger partial charge on any atom is 0.433 e. The number of piperazine rings is 1. The quantitative estimate of drug-likeness (QED) is 0.814. The number of methoxy groups -OCH3 is 1. The summed E-state index contributed by atoms with van der Waals surface area (Å²) in [5.41, 5.74) is 0.332. The summed E-state index contributed by atoms with van der Waals surface area (Å²) in [6, 6.07) is 8.88. The lowest BCUT2D eigenvalue weighted by Gasteiger charge is -2.34. The van der Waals surface area contributed by atoms with Crippen LogP contribution in [0.3, 0.4) is 0 Å². The summed E-state index contributed by atoms with van der Waals surface area (Å²) in [6.07, 6.45) is -2.36. The molecule has 0 N–H and O–H groups in total. The Morgan fingerprint density at radius 3 is 2.35 bits per heavy atom. The first-order valence-corrected chi connectivity index (χ1v) is 8.46. The Hall–Kier alpha value is -2.35. The zero-order chi connectivity index (χ0) is 18.6. The molecule has 2 heterocycles. The molecule has 26 heavy (non-hydrogen) atoms. The molecular weight excluding hydrogens is 345 g/mol. The fraction of sp³-hybridized carbons (Fsp3) is 0.444. The van der Waals surface area contributed by atoms with E-state index in [4.69, 9.17) is 4.74 Å². The van der Waals surface area contributed by atoms with Crippen molar-refractivity contribution in [2.75, 3.05) is 44.7 Å². The molecule has 0 saturated carbocycles. The number of halogens is 3. The van der Waals surface area contributed by atoms with E-state index in [9.17, 15) is 13.2 Å². The Morgan fingerprint density at radius 1 is 1.04 bits per heavy atom. The van der Waals surface area contributed by atoms with Crippen molar-refractivity contribution in [2.24, 2.45) is 0 Å². The number of rotatable bonds is 5. The molecular formula is C18H21F3N4O. The summed E-state index contributed by atoms with van der Waals surface area (Å²) in [5, 5.41) is 0. The summed E-state index contributed by atoms with van der Waals surface area (Å²) >= 11 is 0. The summed E-state index contributed by atoms with van der Waals surface area (Å²) < 4.78 is 43.5. The Kier molecular flexibility index (Phi) is 5.61. The third-order valence-electron chi connectivity index (χ3n) is 4.46. The van der Waals surface area contributed by atoms with E-state index >= 15 is 0 Å². The van der Waals surface area contributed by atoms with E-state index < -0.39 is 11.9 Å². The summed E-state index contributed by atoms with van der Waals surface area (Å²) in [5.74, 6) is 0.984. The molecule has 0 amide bonds. The van der Waals surface area contributed by atoms with Gasteiger partial charge in [-0.2, -0.15) is 13.2 Å². The second-order valence-electron chi connectivity index (χ2n) is 6.17. The second-order valence-corrected chi connectivity index (χ2v) is 6.17. The molecule has 2 aromatic rings. The lowest BCUT2D eigenvalue weighted by Crippen LogP contribution is -2.47.